The van der Waals surface area contributed by atoms with Gasteiger partial charge in [0.15, 0.2) is 0 Å². The molecule has 3 aromatic rings. The molecule has 0 fully saturated rings. The van der Waals surface area contributed by atoms with Crippen LogP contribution >= 0.6 is 0 Å². The van der Waals surface area contributed by atoms with E-state index in [4.69, 9.17) is 0 Å². The summed E-state index contributed by atoms with van der Waals surface area (Å²) in [6.07, 6.45) is 1.87. The zero-order valence-electron chi connectivity index (χ0n) is 21.7. The first-order chi connectivity index (χ1) is 21.3. The molecule has 0 bridgehead atoms. The summed E-state index contributed by atoms with van der Waals surface area (Å²) in [5.41, 5.74) is -2.12. The molecule has 0 saturated heterocycles. The second-order valence-corrected chi connectivity index (χ2v) is 8.94. The molecule has 1 aromatic carbocycles. The molecule has 0 aliphatic heterocycles. The molecule has 2 aliphatic rings. The van der Waals surface area contributed by atoms with E-state index in [-0.39, 0.29) is 77.9 Å². The van der Waals surface area contributed by atoms with Gasteiger partial charge in [-0.3, -0.25) is 0 Å². The molecular formula is C32H6F2N10. The Morgan fingerprint density at radius 1 is 0.477 bits per heavy atom. The van der Waals surface area contributed by atoms with Crippen molar-refractivity contribution in [3.05, 3.63) is 104 Å². The van der Waals surface area contributed by atoms with E-state index in [9.17, 15) is 50.9 Å². The number of halogens is 2. The second kappa shape index (κ2) is 10.7. The second-order valence-electron chi connectivity index (χ2n) is 8.94. The van der Waals surface area contributed by atoms with E-state index in [2.05, 4.69) is 9.97 Å². The smallest absolute Gasteiger partial charge is 0.213 e. The van der Waals surface area contributed by atoms with E-state index in [0.717, 1.165) is 24.5 Å². The van der Waals surface area contributed by atoms with Crippen LogP contribution in [-0.2, 0) is 0 Å². The van der Waals surface area contributed by atoms with Crippen molar-refractivity contribution in [3.8, 4) is 48.6 Å². The number of nitriles is 8. The number of hydrogen-bond acceptors (Lipinski definition) is 10. The van der Waals surface area contributed by atoms with Crippen molar-refractivity contribution in [1.82, 2.24) is 9.97 Å². The molecule has 5 rings (SSSR count). The molecule has 12 heteroatoms. The Labute approximate surface area is 247 Å². The number of fused-ring (bicyclic) bond motifs is 2. The van der Waals surface area contributed by atoms with Crippen LogP contribution in [0.5, 0.6) is 0 Å². The molecule has 0 N–H and O–H groups in total. The van der Waals surface area contributed by atoms with E-state index >= 15 is 0 Å². The first-order valence-electron chi connectivity index (χ1n) is 12.0. The van der Waals surface area contributed by atoms with Crippen LogP contribution < -0.4 is 0 Å². The van der Waals surface area contributed by atoms with Gasteiger partial charge in [0.25, 0.3) is 0 Å². The lowest BCUT2D eigenvalue weighted by molar-refractivity contribution is 0.582. The van der Waals surface area contributed by atoms with Crippen LogP contribution in [0.1, 0.15) is 44.5 Å². The summed E-state index contributed by atoms with van der Waals surface area (Å²) in [5, 5.41) is 79.5. The molecule has 0 atom stereocenters. The predicted molar refractivity (Wildman–Crippen MR) is 145 cm³/mol. The Bertz CT molecular complexity index is 2190. The summed E-state index contributed by atoms with van der Waals surface area (Å²) >= 11 is 0. The van der Waals surface area contributed by atoms with E-state index in [1.807, 2.05) is 24.3 Å². The monoisotopic (exact) mass is 568 g/mol. The molecule has 10 nitrogen and oxygen atoms in total. The lowest BCUT2D eigenvalue weighted by Gasteiger charge is -2.12. The fraction of sp³-hybridized carbons (Fsp3) is 0. The van der Waals surface area contributed by atoms with Crippen molar-refractivity contribution in [1.29, 1.82) is 42.1 Å². The maximum Gasteiger partial charge on any atom is 0.213 e. The van der Waals surface area contributed by atoms with Crippen LogP contribution in [0.4, 0.5) is 8.78 Å². The normalized spacial score (nSPS) is 12.3. The van der Waals surface area contributed by atoms with E-state index < -0.39 is 23.0 Å². The van der Waals surface area contributed by atoms with E-state index in [1.54, 1.807) is 24.3 Å². The quantitative estimate of drug-likeness (QED) is 0.298. The van der Waals surface area contributed by atoms with Gasteiger partial charge in [0, 0.05) is 69.1 Å². The average Bonchev–Trinajstić information content (AvgIpc) is 3.53. The standard InChI is InChI=1S/C32H6F2N10/c33-27-3-19(17(9-39)13-43-27)31-25(11-41)21-1-22-24(2-23(21)29(31)15(5-35)6-36)30(16(7-37)8-38)32(26(22)12-42)20-4-28(34)44-14-18(20)10-40/h1-4,13-14H. The van der Waals surface area contributed by atoms with Crippen LogP contribution in [0.3, 0.4) is 0 Å². The zero-order valence-corrected chi connectivity index (χ0v) is 21.7. The molecule has 2 aromatic heterocycles. The minimum absolute atomic E-state index is 0.0715. The minimum atomic E-state index is -1.01. The van der Waals surface area contributed by atoms with Gasteiger partial charge < -0.3 is 0 Å². The Morgan fingerprint density at radius 3 is 1.16 bits per heavy atom. The van der Waals surface area contributed by atoms with Crippen LogP contribution in [-0.4, -0.2) is 9.97 Å². The van der Waals surface area contributed by atoms with Crippen molar-refractivity contribution in [2.24, 2.45) is 0 Å². The third-order valence-corrected chi connectivity index (χ3v) is 6.93. The summed E-state index contributed by atoms with van der Waals surface area (Å²) < 4.78 is 28.7. The van der Waals surface area contributed by atoms with Crippen LogP contribution in [0.15, 0.2) is 47.8 Å². The molecule has 0 unspecified atom stereocenters. The number of allylic oxidation sites excluding steroid dienone is 8. The number of rotatable bonds is 2. The maximum atomic E-state index is 14.4. The van der Waals surface area contributed by atoms with Gasteiger partial charge in [0.2, 0.25) is 11.9 Å². The maximum absolute atomic E-state index is 14.4. The van der Waals surface area contributed by atoms with Crippen LogP contribution in [0, 0.1) is 103 Å². The van der Waals surface area contributed by atoms with Crippen LogP contribution in [0.25, 0.3) is 33.4 Å². The number of pyridine rings is 2. The fourth-order valence-corrected chi connectivity index (χ4v) is 5.23. The zero-order chi connectivity index (χ0) is 31.7. The summed E-state index contributed by atoms with van der Waals surface area (Å²) in [6, 6.07) is 19.1. The van der Waals surface area contributed by atoms with Gasteiger partial charge in [-0.05, 0) is 23.3 Å². The van der Waals surface area contributed by atoms with Gasteiger partial charge in [0.05, 0.1) is 22.3 Å². The highest BCUT2D eigenvalue weighted by Gasteiger charge is 2.38. The number of benzene rings is 1. The third-order valence-electron chi connectivity index (χ3n) is 6.93. The molecule has 2 heterocycles. The van der Waals surface area contributed by atoms with Crippen molar-refractivity contribution in [2.45, 2.75) is 0 Å². The Kier molecular flexibility index (Phi) is 6.75. The van der Waals surface area contributed by atoms with Gasteiger partial charge in [-0.2, -0.15) is 50.9 Å². The fourth-order valence-electron chi connectivity index (χ4n) is 5.23. The van der Waals surface area contributed by atoms with E-state index in [0.29, 0.717) is 0 Å². The highest BCUT2D eigenvalue weighted by Crippen LogP contribution is 2.54. The Balaban J connectivity index is 2.00. The number of hydrogen-bond donors (Lipinski definition) is 0. The summed E-state index contributed by atoms with van der Waals surface area (Å²) in [6.45, 7) is 0. The summed E-state index contributed by atoms with van der Waals surface area (Å²) in [7, 11) is 0. The SMILES string of the molecule is N#CC(C#N)=C1C(c2cc(F)ncc2C#N)=C(C#N)c2cc3c(cc21)C(=C(C#N)C#N)C(c1cc(F)ncc1C#N)=C3C#N. The van der Waals surface area contributed by atoms with Crippen molar-refractivity contribution in [3.63, 3.8) is 0 Å². The predicted octanol–water partition coefficient (Wildman–Crippen LogP) is 5.00. The Morgan fingerprint density at radius 2 is 0.841 bits per heavy atom. The van der Waals surface area contributed by atoms with Crippen molar-refractivity contribution < 1.29 is 8.78 Å². The molecule has 0 spiro atoms. The first kappa shape index (κ1) is 27.8. The highest BCUT2D eigenvalue weighted by atomic mass is 19.1. The molecule has 0 saturated carbocycles. The molecular weight excluding hydrogens is 562 g/mol. The topological polar surface area (TPSA) is 216 Å². The minimum Gasteiger partial charge on any atom is -0.227 e. The van der Waals surface area contributed by atoms with Crippen molar-refractivity contribution >= 4 is 33.4 Å². The Hall–Kier alpha value is -7.74. The molecule has 0 radical (unpaired) electrons. The molecule has 44 heavy (non-hydrogen) atoms. The lowest BCUT2D eigenvalue weighted by atomic mass is 9.88. The number of nitrogens with zero attached hydrogens (tertiary/aromatic N) is 10. The van der Waals surface area contributed by atoms with Gasteiger partial charge >= 0.3 is 0 Å². The largest absolute Gasteiger partial charge is 0.227 e. The molecule has 198 valence electrons. The highest BCUT2D eigenvalue weighted by molar-refractivity contribution is 6.30. The average molecular weight is 568 g/mol. The van der Waals surface area contributed by atoms with Crippen molar-refractivity contribution in [2.75, 3.05) is 0 Å². The summed E-state index contributed by atoms with van der Waals surface area (Å²) in [4.78, 5) is 6.93. The lowest BCUT2D eigenvalue weighted by Crippen LogP contribution is -1.98. The van der Waals surface area contributed by atoms with Gasteiger partial charge in [0.1, 0.15) is 59.7 Å². The van der Waals surface area contributed by atoms with Gasteiger partial charge in [-0.25, -0.2) is 9.97 Å². The van der Waals surface area contributed by atoms with Crippen LogP contribution in [0.2, 0.25) is 0 Å². The third kappa shape index (κ3) is 3.93. The van der Waals surface area contributed by atoms with Gasteiger partial charge in [-0.15, -0.1) is 0 Å². The van der Waals surface area contributed by atoms with E-state index in [1.165, 1.54) is 12.1 Å². The van der Waals surface area contributed by atoms with Gasteiger partial charge in [-0.1, -0.05) is 0 Å². The molecule has 2 aliphatic carbocycles. The number of aromatic nitrogens is 2. The summed E-state index contributed by atoms with van der Waals surface area (Å²) in [5.74, 6) is -2.01. The molecule has 0 amide bonds. The first-order valence-corrected chi connectivity index (χ1v) is 12.0.